The Morgan fingerprint density at radius 1 is 1.00 bits per heavy atom. The number of phenols is 2. The van der Waals surface area contributed by atoms with Crippen LogP contribution in [-0.2, 0) is 13.6 Å². The molecule has 3 N–H and O–H groups in total. The monoisotopic (exact) mass is 393 g/mol. The minimum atomic E-state index is -3.66. The topological polar surface area (TPSA) is 88.0 Å². The molecule has 0 aliphatic rings. The molecule has 0 saturated carbocycles. The van der Waals surface area contributed by atoms with Gasteiger partial charge >= 0.3 is 7.60 Å². The number of benzene rings is 2. The highest BCUT2D eigenvalue weighted by Gasteiger charge is 2.39. The minimum absolute atomic E-state index is 0.0830. The fourth-order valence-corrected chi connectivity index (χ4v) is 5.12. The molecule has 1 atom stereocenters. The van der Waals surface area contributed by atoms with Crippen molar-refractivity contribution < 1.29 is 23.8 Å². The van der Waals surface area contributed by atoms with Crippen LogP contribution < -0.4 is 5.32 Å². The summed E-state index contributed by atoms with van der Waals surface area (Å²) in [6, 6.07) is 8.21. The van der Waals surface area contributed by atoms with Crippen molar-refractivity contribution in [1.29, 1.82) is 0 Å². The predicted molar refractivity (Wildman–Crippen MR) is 108 cm³/mol. The normalized spacial score (nSPS) is 12.8. The van der Waals surface area contributed by atoms with E-state index < -0.39 is 13.4 Å². The molecule has 0 radical (unpaired) electrons. The second-order valence-corrected chi connectivity index (χ2v) is 8.55. The highest BCUT2D eigenvalue weighted by atomic mass is 31.2. The number of anilines is 1. The van der Waals surface area contributed by atoms with Crippen LogP contribution in [0.3, 0.4) is 0 Å². The summed E-state index contributed by atoms with van der Waals surface area (Å²) >= 11 is 0. The molecule has 7 heteroatoms. The zero-order valence-electron chi connectivity index (χ0n) is 16.4. The second kappa shape index (κ2) is 8.79. The Balaban J connectivity index is 2.61. The van der Waals surface area contributed by atoms with Crippen LogP contribution in [0.4, 0.5) is 5.69 Å². The predicted octanol–water partition coefficient (Wildman–Crippen LogP) is 5.40. The van der Waals surface area contributed by atoms with E-state index >= 15 is 0 Å². The fraction of sp³-hybridized carbons (Fsp3) is 0.400. The zero-order valence-corrected chi connectivity index (χ0v) is 17.3. The Hall–Kier alpha value is -2.01. The lowest BCUT2D eigenvalue weighted by Crippen LogP contribution is -2.17. The fourth-order valence-electron chi connectivity index (χ4n) is 3.18. The van der Waals surface area contributed by atoms with Gasteiger partial charge in [0.1, 0.15) is 11.5 Å². The standard InChI is InChI=1S/C20H28NO5P/c1-6-25-27(24,26-7-2)20(17-9-8-16(22)12-18(17)23)21-19-14(4)10-13(3)11-15(19)5/h8-12,20-23H,6-7H2,1-5H3. The first kappa shape index (κ1) is 21.3. The summed E-state index contributed by atoms with van der Waals surface area (Å²) in [6.45, 7) is 9.80. The number of aryl methyl sites for hydroxylation is 3. The van der Waals surface area contributed by atoms with Crippen LogP contribution >= 0.6 is 7.60 Å². The number of nitrogens with one attached hydrogen (secondary N) is 1. The third kappa shape index (κ3) is 4.83. The van der Waals surface area contributed by atoms with Gasteiger partial charge in [-0.25, -0.2) is 0 Å². The van der Waals surface area contributed by atoms with Gasteiger partial charge in [-0.05, 0) is 57.9 Å². The summed E-state index contributed by atoms with van der Waals surface area (Å²) in [7, 11) is -3.66. The quantitative estimate of drug-likeness (QED) is 0.521. The largest absolute Gasteiger partial charge is 0.508 e. The molecule has 0 aliphatic carbocycles. The van der Waals surface area contributed by atoms with Crippen molar-refractivity contribution in [2.24, 2.45) is 0 Å². The average Bonchev–Trinajstić information content (AvgIpc) is 2.55. The lowest BCUT2D eigenvalue weighted by Gasteiger charge is -2.30. The highest BCUT2D eigenvalue weighted by Crippen LogP contribution is 2.62. The number of hydrogen-bond donors (Lipinski definition) is 3. The van der Waals surface area contributed by atoms with Crippen molar-refractivity contribution in [2.75, 3.05) is 18.5 Å². The van der Waals surface area contributed by atoms with Crippen molar-refractivity contribution in [3.63, 3.8) is 0 Å². The first-order valence-corrected chi connectivity index (χ1v) is 10.6. The molecule has 6 nitrogen and oxygen atoms in total. The second-order valence-electron chi connectivity index (χ2n) is 6.44. The third-order valence-corrected chi connectivity index (χ3v) is 6.48. The Bertz CT molecular complexity index is 819. The van der Waals surface area contributed by atoms with E-state index in [0.29, 0.717) is 5.56 Å². The van der Waals surface area contributed by atoms with Gasteiger partial charge in [-0.2, -0.15) is 0 Å². The molecule has 0 spiro atoms. The number of aromatic hydroxyl groups is 2. The zero-order chi connectivity index (χ0) is 20.2. The van der Waals surface area contributed by atoms with E-state index in [0.717, 1.165) is 22.4 Å². The molecule has 1 unspecified atom stereocenters. The summed E-state index contributed by atoms with van der Waals surface area (Å²) in [6.07, 6.45) is 0. The number of phenolic OH excluding ortho intramolecular Hbond substituents is 2. The van der Waals surface area contributed by atoms with Crippen LogP contribution in [-0.4, -0.2) is 23.4 Å². The van der Waals surface area contributed by atoms with Crippen LogP contribution in [0.2, 0.25) is 0 Å². The Labute approximate surface area is 160 Å². The van der Waals surface area contributed by atoms with E-state index in [4.69, 9.17) is 9.05 Å². The molecule has 27 heavy (non-hydrogen) atoms. The summed E-state index contributed by atoms with van der Waals surface area (Å²) in [5, 5.41) is 23.3. The summed E-state index contributed by atoms with van der Waals surface area (Å²) in [4.78, 5) is 0. The van der Waals surface area contributed by atoms with Crippen LogP contribution in [0.25, 0.3) is 0 Å². The first-order valence-electron chi connectivity index (χ1n) is 8.96. The molecule has 2 rings (SSSR count). The van der Waals surface area contributed by atoms with E-state index in [1.807, 2.05) is 32.9 Å². The van der Waals surface area contributed by atoms with Gasteiger partial charge in [0.05, 0.1) is 13.2 Å². The van der Waals surface area contributed by atoms with Gasteiger partial charge in [0.2, 0.25) is 0 Å². The van der Waals surface area contributed by atoms with Gasteiger partial charge in [0.25, 0.3) is 0 Å². The Kier molecular flexibility index (Phi) is 6.93. The summed E-state index contributed by atoms with van der Waals surface area (Å²) in [5.41, 5.74) is 4.22. The number of rotatable bonds is 8. The lowest BCUT2D eigenvalue weighted by molar-refractivity contribution is 0.213. The molecule has 148 valence electrons. The molecule has 0 amide bonds. The molecule has 0 fully saturated rings. The third-order valence-electron chi connectivity index (χ3n) is 4.20. The molecule has 0 aliphatic heterocycles. The van der Waals surface area contributed by atoms with E-state index in [1.54, 1.807) is 13.8 Å². The van der Waals surface area contributed by atoms with E-state index in [1.165, 1.54) is 18.2 Å². The first-order chi connectivity index (χ1) is 12.7. The smallest absolute Gasteiger partial charge is 0.357 e. The lowest BCUT2D eigenvalue weighted by atomic mass is 10.0. The van der Waals surface area contributed by atoms with Crippen molar-refractivity contribution in [1.82, 2.24) is 0 Å². The Morgan fingerprint density at radius 3 is 2.04 bits per heavy atom. The molecule has 0 aromatic heterocycles. The maximum Gasteiger partial charge on any atom is 0.357 e. The van der Waals surface area contributed by atoms with Crippen LogP contribution in [0.1, 0.15) is 41.9 Å². The Morgan fingerprint density at radius 2 is 1.56 bits per heavy atom. The van der Waals surface area contributed by atoms with E-state index in [2.05, 4.69) is 5.32 Å². The van der Waals surface area contributed by atoms with Gasteiger partial charge in [-0.15, -0.1) is 0 Å². The molecular formula is C20H28NO5P. The van der Waals surface area contributed by atoms with Crippen molar-refractivity contribution in [3.05, 3.63) is 52.6 Å². The molecule has 2 aromatic rings. The van der Waals surface area contributed by atoms with Gasteiger partial charge in [0, 0.05) is 17.3 Å². The molecule has 0 bridgehead atoms. The van der Waals surface area contributed by atoms with Gasteiger partial charge in [0.15, 0.2) is 5.78 Å². The molecular weight excluding hydrogens is 365 g/mol. The van der Waals surface area contributed by atoms with Gasteiger partial charge in [-0.1, -0.05) is 17.7 Å². The number of hydrogen-bond acceptors (Lipinski definition) is 6. The molecule has 2 aromatic carbocycles. The van der Waals surface area contributed by atoms with Crippen molar-refractivity contribution in [3.8, 4) is 11.5 Å². The summed E-state index contributed by atoms with van der Waals surface area (Å²) in [5.74, 6) is -1.20. The van der Waals surface area contributed by atoms with Gasteiger partial charge in [-0.3, -0.25) is 4.57 Å². The summed E-state index contributed by atoms with van der Waals surface area (Å²) < 4.78 is 24.7. The van der Waals surface area contributed by atoms with Crippen LogP contribution in [0.15, 0.2) is 30.3 Å². The van der Waals surface area contributed by atoms with Crippen LogP contribution in [0, 0.1) is 20.8 Å². The van der Waals surface area contributed by atoms with E-state index in [-0.39, 0.29) is 24.7 Å². The average molecular weight is 393 g/mol. The van der Waals surface area contributed by atoms with Gasteiger partial charge < -0.3 is 24.6 Å². The maximum atomic E-state index is 13.6. The molecule has 0 saturated heterocycles. The van der Waals surface area contributed by atoms with Crippen molar-refractivity contribution in [2.45, 2.75) is 40.4 Å². The minimum Gasteiger partial charge on any atom is -0.508 e. The highest BCUT2D eigenvalue weighted by molar-refractivity contribution is 7.54. The van der Waals surface area contributed by atoms with E-state index in [9.17, 15) is 14.8 Å². The van der Waals surface area contributed by atoms with Crippen molar-refractivity contribution >= 4 is 13.3 Å². The van der Waals surface area contributed by atoms with Crippen LogP contribution in [0.5, 0.6) is 11.5 Å². The molecule has 0 heterocycles. The maximum absolute atomic E-state index is 13.6. The SMILES string of the molecule is CCOP(=O)(OCC)C(Nc1c(C)cc(C)cc1C)c1ccc(O)cc1O.